The van der Waals surface area contributed by atoms with Gasteiger partial charge in [0.2, 0.25) is 0 Å². The maximum atomic E-state index is 11.2. The van der Waals surface area contributed by atoms with E-state index in [1.54, 1.807) is 7.05 Å². The van der Waals surface area contributed by atoms with E-state index in [0.29, 0.717) is 13.0 Å². The molecule has 0 fully saturated rings. The van der Waals surface area contributed by atoms with E-state index in [4.69, 9.17) is 14.2 Å². The molecule has 0 aromatic rings. The number of hydrogen-bond donors (Lipinski definition) is 1. The van der Waals surface area contributed by atoms with E-state index < -0.39 is 6.09 Å². The van der Waals surface area contributed by atoms with Crippen molar-refractivity contribution in [2.45, 2.75) is 65.5 Å². The van der Waals surface area contributed by atoms with Gasteiger partial charge in [-0.25, -0.2) is 4.79 Å². The highest BCUT2D eigenvalue weighted by atomic mass is 16.7. The quantitative estimate of drug-likeness (QED) is 0.648. The summed E-state index contributed by atoms with van der Waals surface area (Å²) in [5.41, 5.74) is 0. The summed E-state index contributed by atoms with van der Waals surface area (Å²) in [5, 5.41) is 2.44. The van der Waals surface area contributed by atoms with Crippen LogP contribution in [0.3, 0.4) is 0 Å². The average molecular weight is 261 g/mol. The summed E-state index contributed by atoms with van der Waals surface area (Å²) in [4.78, 5) is 11.2. The molecule has 0 saturated heterocycles. The molecule has 0 radical (unpaired) electrons. The molecule has 3 unspecified atom stereocenters. The molecule has 0 aromatic carbocycles. The van der Waals surface area contributed by atoms with Crippen LogP contribution < -0.4 is 5.32 Å². The summed E-state index contributed by atoms with van der Waals surface area (Å²) in [5.74, 6) is 0. The molecule has 0 bridgehead atoms. The van der Waals surface area contributed by atoms with E-state index >= 15 is 0 Å². The first kappa shape index (κ1) is 17.2. The van der Waals surface area contributed by atoms with Crippen molar-refractivity contribution in [1.82, 2.24) is 5.32 Å². The van der Waals surface area contributed by atoms with Gasteiger partial charge in [-0.15, -0.1) is 0 Å². The van der Waals surface area contributed by atoms with Crippen LogP contribution in [0.2, 0.25) is 0 Å². The Morgan fingerprint density at radius 3 is 2.39 bits per heavy atom. The van der Waals surface area contributed by atoms with Gasteiger partial charge in [0.15, 0.2) is 6.29 Å². The van der Waals surface area contributed by atoms with Gasteiger partial charge in [-0.3, -0.25) is 0 Å². The van der Waals surface area contributed by atoms with Crippen molar-refractivity contribution >= 4 is 6.09 Å². The van der Waals surface area contributed by atoms with Crippen LogP contribution in [0.4, 0.5) is 4.79 Å². The second-order valence-electron chi connectivity index (χ2n) is 4.12. The van der Waals surface area contributed by atoms with Crippen molar-refractivity contribution in [1.29, 1.82) is 0 Å². The third-order valence-electron chi connectivity index (χ3n) is 2.63. The van der Waals surface area contributed by atoms with Crippen LogP contribution in [0.5, 0.6) is 0 Å². The molecule has 0 heterocycles. The van der Waals surface area contributed by atoms with Crippen LogP contribution in [0.25, 0.3) is 0 Å². The van der Waals surface area contributed by atoms with Crippen molar-refractivity contribution in [2.24, 2.45) is 0 Å². The van der Waals surface area contributed by atoms with E-state index in [9.17, 15) is 4.79 Å². The van der Waals surface area contributed by atoms with Crippen molar-refractivity contribution in [3.8, 4) is 0 Å². The Hall–Kier alpha value is -0.810. The van der Waals surface area contributed by atoms with Crippen LogP contribution >= 0.6 is 0 Å². The standard InChI is InChI=1S/C13H27NO4/c1-6-9-12(16-8-3)17-10(4)11(7-2)18-13(15)14-5/h10-12H,6-9H2,1-5H3,(H,14,15). The Bertz CT molecular complexity index is 217. The first-order chi connectivity index (χ1) is 8.58. The molecule has 18 heavy (non-hydrogen) atoms. The van der Waals surface area contributed by atoms with Gasteiger partial charge < -0.3 is 19.5 Å². The van der Waals surface area contributed by atoms with Crippen LogP contribution in [0.15, 0.2) is 0 Å². The monoisotopic (exact) mass is 261 g/mol. The van der Waals surface area contributed by atoms with E-state index in [0.717, 1.165) is 12.8 Å². The molecule has 0 aliphatic rings. The molecular weight excluding hydrogens is 234 g/mol. The average Bonchev–Trinajstić information content (AvgIpc) is 2.35. The molecule has 5 heteroatoms. The second-order valence-corrected chi connectivity index (χ2v) is 4.12. The Morgan fingerprint density at radius 2 is 1.94 bits per heavy atom. The highest BCUT2D eigenvalue weighted by Crippen LogP contribution is 2.14. The third kappa shape index (κ3) is 6.81. The number of hydrogen-bond acceptors (Lipinski definition) is 4. The van der Waals surface area contributed by atoms with Crippen LogP contribution in [-0.4, -0.2) is 38.2 Å². The zero-order valence-corrected chi connectivity index (χ0v) is 12.2. The number of nitrogens with one attached hydrogen (secondary N) is 1. The maximum absolute atomic E-state index is 11.2. The summed E-state index contributed by atoms with van der Waals surface area (Å²) in [6, 6.07) is 0. The van der Waals surface area contributed by atoms with E-state index in [2.05, 4.69) is 12.2 Å². The lowest BCUT2D eigenvalue weighted by atomic mass is 10.2. The van der Waals surface area contributed by atoms with Crippen LogP contribution in [-0.2, 0) is 14.2 Å². The van der Waals surface area contributed by atoms with Gasteiger partial charge >= 0.3 is 6.09 Å². The fourth-order valence-electron chi connectivity index (χ4n) is 1.65. The first-order valence-electron chi connectivity index (χ1n) is 6.74. The van der Waals surface area contributed by atoms with Crippen LogP contribution in [0.1, 0.15) is 47.0 Å². The zero-order chi connectivity index (χ0) is 14.0. The van der Waals surface area contributed by atoms with Crippen molar-refractivity contribution in [2.75, 3.05) is 13.7 Å². The normalized spacial score (nSPS) is 15.8. The molecule has 108 valence electrons. The predicted octanol–water partition coefficient (Wildman–Crippen LogP) is 2.69. The highest BCUT2D eigenvalue weighted by molar-refractivity contribution is 5.66. The Morgan fingerprint density at radius 1 is 1.28 bits per heavy atom. The van der Waals surface area contributed by atoms with Gasteiger partial charge in [0.05, 0.1) is 6.10 Å². The molecule has 0 aliphatic heterocycles. The number of amides is 1. The smallest absolute Gasteiger partial charge is 0.407 e. The number of rotatable bonds is 9. The van der Waals surface area contributed by atoms with Gasteiger partial charge in [0.1, 0.15) is 6.10 Å². The van der Waals surface area contributed by atoms with Gasteiger partial charge in [0.25, 0.3) is 0 Å². The van der Waals surface area contributed by atoms with E-state index in [1.165, 1.54) is 0 Å². The molecule has 0 aliphatic carbocycles. The van der Waals surface area contributed by atoms with Gasteiger partial charge in [-0.1, -0.05) is 20.3 Å². The van der Waals surface area contributed by atoms with E-state index in [-0.39, 0.29) is 18.5 Å². The number of ether oxygens (including phenoxy) is 3. The zero-order valence-electron chi connectivity index (χ0n) is 12.2. The largest absolute Gasteiger partial charge is 0.444 e. The lowest BCUT2D eigenvalue weighted by Gasteiger charge is -2.27. The Balaban J connectivity index is 4.29. The van der Waals surface area contributed by atoms with Crippen molar-refractivity contribution in [3.05, 3.63) is 0 Å². The molecule has 1 N–H and O–H groups in total. The topological polar surface area (TPSA) is 56.8 Å². The van der Waals surface area contributed by atoms with E-state index in [1.807, 2.05) is 20.8 Å². The molecule has 0 spiro atoms. The molecule has 0 saturated carbocycles. The maximum Gasteiger partial charge on any atom is 0.407 e. The fourth-order valence-corrected chi connectivity index (χ4v) is 1.65. The molecule has 3 atom stereocenters. The number of carbonyl (C=O) groups excluding carboxylic acids is 1. The number of alkyl carbamates (subject to hydrolysis) is 1. The molecule has 0 aromatic heterocycles. The molecule has 1 amide bonds. The second kappa shape index (κ2) is 10.1. The minimum atomic E-state index is -0.430. The van der Waals surface area contributed by atoms with Crippen LogP contribution in [0, 0.1) is 0 Å². The SMILES string of the molecule is CCCC(OCC)OC(C)C(CC)OC(=O)NC. The lowest BCUT2D eigenvalue weighted by molar-refractivity contribution is -0.188. The number of carbonyl (C=O) groups is 1. The molecular formula is C13H27NO4. The molecule has 0 rings (SSSR count). The Kier molecular flexibility index (Phi) is 9.69. The van der Waals surface area contributed by atoms with Gasteiger partial charge in [-0.2, -0.15) is 0 Å². The Labute approximate surface area is 110 Å². The minimum absolute atomic E-state index is 0.185. The summed E-state index contributed by atoms with van der Waals surface area (Å²) in [6.07, 6.45) is 1.44. The summed E-state index contributed by atoms with van der Waals surface area (Å²) < 4.78 is 16.5. The summed E-state index contributed by atoms with van der Waals surface area (Å²) in [6.45, 7) is 8.50. The fraction of sp³-hybridized carbons (Fsp3) is 0.923. The third-order valence-corrected chi connectivity index (χ3v) is 2.63. The van der Waals surface area contributed by atoms with Crippen molar-refractivity contribution < 1.29 is 19.0 Å². The van der Waals surface area contributed by atoms with Gasteiger partial charge in [-0.05, 0) is 26.7 Å². The van der Waals surface area contributed by atoms with Crippen molar-refractivity contribution in [3.63, 3.8) is 0 Å². The molecule has 5 nitrogen and oxygen atoms in total. The highest BCUT2D eigenvalue weighted by Gasteiger charge is 2.23. The lowest BCUT2D eigenvalue weighted by Crippen LogP contribution is -2.37. The summed E-state index contributed by atoms with van der Waals surface area (Å²) >= 11 is 0. The summed E-state index contributed by atoms with van der Waals surface area (Å²) in [7, 11) is 1.54. The first-order valence-corrected chi connectivity index (χ1v) is 6.74. The predicted molar refractivity (Wildman–Crippen MR) is 70.5 cm³/mol. The van der Waals surface area contributed by atoms with Gasteiger partial charge in [0, 0.05) is 13.7 Å². The minimum Gasteiger partial charge on any atom is -0.444 e.